The summed E-state index contributed by atoms with van der Waals surface area (Å²) in [5.74, 6) is -0.852. The zero-order valence-electron chi connectivity index (χ0n) is 9.35. The summed E-state index contributed by atoms with van der Waals surface area (Å²) in [6, 6.07) is 0. The Bertz CT molecular complexity index is 358. The van der Waals surface area contributed by atoms with Crippen molar-refractivity contribution in [3.05, 3.63) is 0 Å². The normalized spacial score (nSPS) is 21.9. The number of piperidine rings is 1. The smallest absolute Gasteiger partial charge is 0.309 e. The van der Waals surface area contributed by atoms with Crippen LogP contribution in [0.3, 0.4) is 0 Å². The molecule has 1 aliphatic rings. The zero-order chi connectivity index (χ0) is 12.4. The fourth-order valence-electron chi connectivity index (χ4n) is 1.74. The standard InChI is InChI=1S/C9H18N2O4S/c1-9(8(12)13)2-4-11(5-3-9)6-7-16(10,14)15/h2-7H2,1H3,(H,12,13)(H2,10,14,15). The van der Waals surface area contributed by atoms with Crippen molar-refractivity contribution in [2.24, 2.45) is 10.6 Å². The molecule has 0 unspecified atom stereocenters. The van der Waals surface area contributed by atoms with Crippen LogP contribution in [-0.4, -0.2) is 49.8 Å². The molecule has 0 aliphatic carbocycles. The molecule has 7 heteroatoms. The van der Waals surface area contributed by atoms with E-state index in [2.05, 4.69) is 0 Å². The number of likely N-dealkylation sites (tertiary alicyclic amines) is 1. The molecule has 3 N–H and O–H groups in total. The molecule has 1 aliphatic heterocycles. The molecule has 0 saturated carbocycles. The maximum absolute atomic E-state index is 11.0. The summed E-state index contributed by atoms with van der Waals surface area (Å²) >= 11 is 0. The van der Waals surface area contributed by atoms with Crippen LogP contribution in [0.2, 0.25) is 0 Å². The molecular formula is C9H18N2O4S. The summed E-state index contributed by atoms with van der Waals surface area (Å²) in [6.45, 7) is 3.33. The molecule has 1 rings (SSSR count). The third-order valence-corrected chi connectivity index (χ3v) is 3.92. The maximum Gasteiger partial charge on any atom is 0.309 e. The largest absolute Gasteiger partial charge is 0.481 e. The maximum atomic E-state index is 11.0. The van der Waals surface area contributed by atoms with Crippen molar-refractivity contribution >= 4 is 16.0 Å². The Labute approximate surface area is 95.5 Å². The van der Waals surface area contributed by atoms with Gasteiger partial charge in [0, 0.05) is 6.54 Å². The first-order valence-corrected chi connectivity index (χ1v) is 6.91. The number of rotatable bonds is 4. The van der Waals surface area contributed by atoms with E-state index in [4.69, 9.17) is 10.2 Å². The number of nitrogens with zero attached hydrogens (tertiary/aromatic N) is 1. The topological polar surface area (TPSA) is 101 Å². The van der Waals surface area contributed by atoms with Crippen molar-refractivity contribution < 1.29 is 18.3 Å². The van der Waals surface area contributed by atoms with Gasteiger partial charge in [0.15, 0.2) is 0 Å². The van der Waals surface area contributed by atoms with Gasteiger partial charge in [0.05, 0.1) is 11.2 Å². The molecule has 0 bridgehead atoms. The number of hydrogen-bond donors (Lipinski definition) is 2. The first kappa shape index (κ1) is 13.4. The average Bonchev–Trinajstić information content (AvgIpc) is 2.15. The van der Waals surface area contributed by atoms with E-state index >= 15 is 0 Å². The molecule has 0 aromatic carbocycles. The van der Waals surface area contributed by atoms with Crippen LogP contribution in [-0.2, 0) is 14.8 Å². The first-order chi connectivity index (χ1) is 7.23. The lowest BCUT2D eigenvalue weighted by Crippen LogP contribution is -2.44. The van der Waals surface area contributed by atoms with Gasteiger partial charge < -0.3 is 10.0 Å². The predicted octanol–water partition coefficient (Wildman–Crippen LogP) is -0.538. The van der Waals surface area contributed by atoms with Crippen molar-refractivity contribution in [3.63, 3.8) is 0 Å². The number of hydrogen-bond acceptors (Lipinski definition) is 4. The van der Waals surface area contributed by atoms with Gasteiger partial charge in [-0.2, -0.15) is 0 Å². The van der Waals surface area contributed by atoms with E-state index in [1.54, 1.807) is 6.92 Å². The predicted molar refractivity (Wildman–Crippen MR) is 59.4 cm³/mol. The molecule has 0 radical (unpaired) electrons. The third kappa shape index (κ3) is 3.73. The van der Waals surface area contributed by atoms with Crippen LogP contribution in [0.15, 0.2) is 0 Å². The van der Waals surface area contributed by atoms with Gasteiger partial charge in [-0.05, 0) is 32.9 Å². The van der Waals surface area contributed by atoms with Gasteiger partial charge in [-0.15, -0.1) is 0 Å². The van der Waals surface area contributed by atoms with Gasteiger partial charge in [0.25, 0.3) is 0 Å². The van der Waals surface area contributed by atoms with Crippen LogP contribution >= 0.6 is 0 Å². The first-order valence-electron chi connectivity index (χ1n) is 5.19. The van der Waals surface area contributed by atoms with Gasteiger partial charge in [-0.25, -0.2) is 13.6 Å². The van der Waals surface area contributed by atoms with Crippen LogP contribution in [0.1, 0.15) is 19.8 Å². The average molecular weight is 250 g/mol. The van der Waals surface area contributed by atoms with Crippen LogP contribution in [0.4, 0.5) is 0 Å². The quantitative estimate of drug-likeness (QED) is 0.698. The van der Waals surface area contributed by atoms with E-state index in [-0.39, 0.29) is 5.75 Å². The Morgan fingerprint density at radius 1 is 1.44 bits per heavy atom. The molecular weight excluding hydrogens is 232 g/mol. The molecule has 1 heterocycles. The minimum Gasteiger partial charge on any atom is -0.481 e. The highest BCUT2D eigenvalue weighted by Gasteiger charge is 2.36. The summed E-state index contributed by atoms with van der Waals surface area (Å²) in [4.78, 5) is 12.9. The number of primary sulfonamides is 1. The molecule has 0 aromatic rings. The van der Waals surface area contributed by atoms with Gasteiger partial charge in [-0.3, -0.25) is 4.79 Å². The number of nitrogens with two attached hydrogens (primary N) is 1. The third-order valence-electron chi connectivity index (χ3n) is 3.17. The number of aliphatic carboxylic acids is 1. The van der Waals surface area contributed by atoms with Crippen molar-refractivity contribution in [1.29, 1.82) is 0 Å². The summed E-state index contributed by atoms with van der Waals surface area (Å²) in [7, 11) is -3.43. The molecule has 0 amide bonds. The van der Waals surface area contributed by atoms with Crippen LogP contribution in [0.25, 0.3) is 0 Å². The summed E-state index contributed by atoms with van der Waals surface area (Å²) in [6.07, 6.45) is 1.10. The van der Waals surface area contributed by atoms with Crippen LogP contribution in [0.5, 0.6) is 0 Å². The van der Waals surface area contributed by atoms with E-state index in [1.807, 2.05) is 4.90 Å². The van der Waals surface area contributed by atoms with Gasteiger partial charge >= 0.3 is 5.97 Å². The molecule has 0 atom stereocenters. The fourth-order valence-corrected chi connectivity index (χ4v) is 2.25. The highest BCUT2D eigenvalue weighted by atomic mass is 32.2. The summed E-state index contributed by atoms with van der Waals surface area (Å²) in [5, 5.41) is 13.9. The molecule has 94 valence electrons. The molecule has 6 nitrogen and oxygen atoms in total. The van der Waals surface area contributed by atoms with Gasteiger partial charge in [-0.1, -0.05) is 0 Å². The Morgan fingerprint density at radius 3 is 2.31 bits per heavy atom. The van der Waals surface area contributed by atoms with Crippen LogP contribution < -0.4 is 5.14 Å². The Kier molecular flexibility index (Phi) is 3.92. The highest BCUT2D eigenvalue weighted by molar-refractivity contribution is 7.89. The lowest BCUT2D eigenvalue weighted by atomic mass is 9.80. The monoisotopic (exact) mass is 250 g/mol. The minimum atomic E-state index is -3.43. The Balaban J connectivity index is 2.41. The summed E-state index contributed by atoms with van der Waals surface area (Å²) in [5.41, 5.74) is -0.669. The van der Waals surface area contributed by atoms with Crippen molar-refractivity contribution in [1.82, 2.24) is 4.90 Å². The SMILES string of the molecule is CC1(C(=O)O)CCN(CCS(N)(=O)=O)CC1. The zero-order valence-corrected chi connectivity index (χ0v) is 10.2. The van der Waals surface area contributed by atoms with E-state index in [0.717, 1.165) is 0 Å². The molecule has 1 fully saturated rings. The Hall–Kier alpha value is -0.660. The minimum absolute atomic E-state index is 0.0726. The number of carboxylic acids is 1. The lowest BCUT2D eigenvalue weighted by Gasteiger charge is -2.36. The van der Waals surface area contributed by atoms with Crippen molar-refractivity contribution in [2.45, 2.75) is 19.8 Å². The molecule has 0 aromatic heterocycles. The van der Waals surface area contributed by atoms with E-state index in [0.29, 0.717) is 32.5 Å². The number of carboxylic acid groups (broad SMARTS) is 1. The van der Waals surface area contributed by atoms with Crippen LogP contribution in [0, 0.1) is 5.41 Å². The molecule has 16 heavy (non-hydrogen) atoms. The second kappa shape index (κ2) is 4.68. The summed E-state index contributed by atoms with van der Waals surface area (Å²) < 4.78 is 21.5. The van der Waals surface area contributed by atoms with Crippen molar-refractivity contribution in [3.8, 4) is 0 Å². The van der Waals surface area contributed by atoms with Crippen molar-refractivity contribution in [2.75, 3.05) is 25.4 Å². The van der Waals surface area contributed by atoms with Gasteiger partial charge in [0.2, 0.25) is 10.0 Å². The van der Waals surface area contributed by atoms with Gasteiger partial charge in [0.1, 0.15) is 0 Å². The Morgan fingerprint density at radius 2 is 1.94 bits per heavy atom. The molecule has 1 saturated heterocycles. The second-order valence-corrected chi connectivity index (χ2v) is 6.31. The number of sulfonamides is 1. The van der Waals surface area contributed by atoms with E-state index in [9.17, 15) is 13.2 Å². The molecule has 0 spiro atoms. The number of carbonyl (C=O) groups is 1. The van der Waals surface area contributed by atoms with E-state index in [1.165, 1.54) is 0 Å². The fraction of sp³-hybridized carbons (Fsp3) is 0.889. The second-order valence-electron chi connectivity index (χ2n) is 4.57. The van der Waals surface area contributed by atoms with E-state index < -0.39 is 21.4 Å². The lowest BCUT2D eigenvalue weighted by molar-refractivity contribution is -0.150. The highest BCUT2D eigenvalue weighted by Crippen LogP contribution is 2.30.